The lowest BCUT2D eigenvalue weighted by Gasteiger charge is -2.11. The van der Waals surface area contributed by atoms with Gasteiger partial charge in [-0.3, -0.25) is 0 Å². The van der Waals surface area contributed by atoms with Gasteiger partial charge in [0.15, 0.2) is 5.13 Å². The smallest absolute Gasteiger partial charge is 0.180 e. The molecule has 5 aromatic rings. The predicted molar refractivity (Wildman–Crippen MR) is 138 cm³/mol. The van der Waals surface area contributed by atoms with Crippen LogP contribution < -0.4 is 11.1 Å². The van der Waals surface area contributed by atoms with Crippen molar-refractivity contribution < 1.29 is 4.39 Å². The molecule has 0 saturated carbocycles. The zero-order valence-corrected chi connectivity index (χ0v) is 20.1. The first kappa shape index (κ1) is 22.0. The Morgan fingerprint density at radius 2 is 1.76 bits per heavy atom. The molecule has 3 N–H and O–H groups in total. The number of nitrogens with zero attached hydrogens (tertiary/aromatic N) is 4. The number of rotatable bonds is 6. The summed E-state index contributed by atoms with van der Waals surface area (Å²) in [5, 5.41) is 4.88. The van der Waals surface area contributed by atoms with Crippen LogP contribution in [0.4, 0.5) is 15.3 Å². The van der Waals surface area contributed by atoms with Crippen molar-refractivity contribution in [3.8, 4) is 22.5 Å². The highest BCUT2D eigenvalue weighted by atomic mass is 32.1. The van der Waals surface area contributed by atoms with Gasteiger partial charge < -0.3 is 15.6 Å². The first-order valence-corrected chi connectivity index (χ1v) is 11.9. The van der Waals surface area contributed by atoms with Crippen molar-refractivity contribution in [3.05, 3.63) is 76.8 Å². The topological polar surface area (TPSA) is 81.6 Å². The second-order valence-electron chi connectivity index (χ2n) is 8.31. The predicted octanol–water partition coefficient (Wildman–Crippen LogP) is 5.98. The van der Waals surface area contributed by atoms with Crippen LogP contribution in [0.5, 0.6) is 0 Å². The third kappa shape index (κ3) is 4.12. The van der Waals surface area contributed by atoms with E-state index in [-0.39, 0.29) is 5.82 Å². The number of hydrogen-bond acceptors (Lipinski definition) is 6. The zero-order chi connectivity index (χ0) is 23.8. The van der Waals surface area contributed by atoms with Crippen molar-refractivity contribution in [2.24, 2.45) is 0 Å². The van der Waals surface area contributed by atoms with Crippen molar-refractivity contribution in [1.82, 2.24) is 19.5 Å². The van der Waals surface area contributed by atoms with E-state index in [9.17, 15) is 4.39 Å². The average Bonchev–Trinajstić information content (AvgIpc) is 3.35. The first-order chi connectivity index (χ1) is 16.4. The summed E-state index contributed by atoms with van der Waals surface area (Å²) in [6.07, 6.45) is 1.55. The molecule has 0 aliphatic rings. The lowest BCUT2D eigenvalue weighted by Crippen LogP contribution is -2.13. The molecule has 172 valence electrons. The number of fused-ring (bicyclic) bond motifs is 1. The number of aromatic nitrogens is 4. The van der Waals surface area contributed by atoms with Gasteiger partial charge in [-0.1, -0.05) is 30.3 Å². The van der Waals surface area contributed by atoms with Crippen molar-refractivity contribution in [2.75, 3.05) is 17.6 Å². The van der Waals surface area contributed by atoms with Gasteiger partial charge in [-0.05, 0) is 38.5 Å². The van der Waals surface area contributed by atoms with Crippen LogP contribution in [0.1, 0.15) is 16.1 Å². The highest BCUT2D eigenvalue weighted by Gasteiger charge is 2.12. The Bertz CT molecular complexity index is 1490. The molecular weight excluding hydrogens is 447 g/mol. The van der Waals surface area contributed by atoms with Crippen LogP contribution in [0.2, 0.25) is 0 Å². The van der Waals surface area contributed by atoms with Crippen molar-refractivity contribution >= 4 is 33.2 Å². The van der Waals surface area contributed by atoms with Crippen LogP contribution in [0.15, 0.2) is 54.9 Å². The summed E-state index contributed by atoms with van der Waals surface area (Å²) in [6.45, 7) is 7.27. The Labute approximate surface area is 201 Å². The summed E-state index contributed by atoms with van der Waals surface area (Å²) in [6, 6.07) is 15.4. The van der Waals surface area contributed by atoms with Gasteiger partial charge in [-0.15, -0.1) is 11.3 Å². The molecule has 0 radical (unpaired) electrons. The minimum absolute atomic E-state index is 0.197. The number of nitrogen functional groups attached to an aromatic ring is 1. The van der Waals surface area contributed by atoms with Gasteiger partial charge in [0.05, 0.1) is 16.9 Å². The Kier molecular flexibility index (Phi) is 5.75. The van der Waals surface area contributed by atoms with Crippen LogP contribution in [0.3, 0.4) is 0 Å². The van der Waals surface area contributed by atoms with Gasteiger partial charge >= 0.3 is 0 Å². The van der Waals surface area contributed by atoms with E-state index in [4.69, 9.17) is 5.73 Å². The fourth-order valence-corrected chi connectivity index (χ4v) is 4.99. The lowest BCUT2D eigenvalue weighted by atomic mass is 10.1. The van der Waals surface area contributed by atoms with Crippen LogP contribution >= 0.6 is 11.3 Å². The molecule has 0 spiro atoms. The molecule has 0 aliphatic heterocycles. The standard InChI is InChI=1S/C26H25FN6S/c1-15-4-9-21(27)25-20(15)12-16(2)33(25)11-10-29-23-13-22(30-14-31-23)18-5-7-19(8-6-18)24-17(3)34-26(28)32-24/h4-9,12-14H,10-11H2,1-3H3,(H2,28,32)(H,29,30,31). The quantitative estimate of drug-likeness (QED) is 0.318. The summed E-state index contributed by atoms with van der Waals surface area (Å²) >= 11 is 1.49. The van der Waals surface area contributed by atoms with E-state index >= 15 is 0 Å². The van der Waals surface area contributed by atoms with Crippen molar-refractivity contribution in [3.63, 3.8) is 0 Å². The van der Waals surface area contributed by atoms with Crippen LogP contribution in [0, 0.1) is 26.6 Å². The summed E-state index contributed by atoms with van der Waals surface area (Å²) in [5.74, 6) is 0.528. The third-order valence-corrected chi connectivity index (χ3v) is 6.81. The molecule has 0 bridgehead atoms. The van der Waals surface area contributed by atoms with Gasteiger partial charge in [-0.2, -0.15) is 0 Å². The molecule has 3 aromatic heterocycles. The highest BCUT2D eigenvalue weighted by molar-refractivity contribution is 7.15. The molecule has 6 nitrogen and oxygen atoms in total. The number of nitrogens with two attached hydrogens (primary N) is 1. The molecule has 0 saturated heterocycles. The summed E-state index contributed by atoms with van der Waals surface area (Å²) in [4.78, 5) is 14.3. The van der Waals surface area contributed by atoms with E-state index < -0.39 is 0 Å². The molecule has 8 heteroatoms. The number of aryl methyl sites for hydroxylation is 3. The van der Waals surface area contributed by atoms with E-state index in [0.717, 1.165) is 49.9 Å². The average molecular weight is 473 g/mol. The zero-order valence-electron chi connectivity index (χ0n) is 19.3. The minimum Gasteiger partial charge on any atom is -0.375 e. The largest absolute Gasteiger partial charge is 0.375 e. The van der Waals surface area contributed by atoms with Gasteiger partial charge in [0.1, 0.15) is 18.0 Å². The monoisotopic (exact) mass is 472 g/mol. The molecule has 0 amide bonds. The second-order valence-corrected chi connectivity index (χ2v) is 9.55. The fourth-order valence-electron chi connectivity index (χ4n) is 4.28. The minimum atomic E-state index is -0.197. The Balaban J connectivity index is 1.31. The number of hydrogen-bond donors (Lipinski definition) is 2. The molecule has 2 aromatic carbocycles. The maximum atomic E-state index is 14.5. The van der Waals surface area contributed by atoms with Crippen LogP contribution in [-0.4, -0.2) is 26.1 Å². The normalized spacial score (nSPS) is 11.3. The van der Waals surface area contributed by atoms with Gasteiger partial charge in [0, 0.05) is 46.2 Å². The van der Waals surface area contributed by atoms with E-state index in [0.29, 0.717) is 23.7 Å². The number of nitrogens with one attached hydrogen (secondary N) is 1. The first-order valence-electron chi connectivity index (χ1n) is 11.1. The Morgan fingerprint density at radius 1 is 1.00 bits per heavy atom. The number of anilines is 2. The van der Waals surface area contributed by atoms with Crippen molar-refractivity contribution in [2.45, 2.75) is 27.3 Å². The van der Waals surface area contributed by atoms with Gasteiger partial charge in [0.2, 0.25) is 0 Å². The Morgan fingerprint density at radius 3 is 2.50 bits per heavy atom. The van der Waals surface area contributed by atoms with E-state index in [1.807, 2.05) is 67.8 Å². The summed E-state index contributed by atoms with van der Waals surface area (Å²) < 4.78 is 16.5. The van der Waals surface area contributed by atoms with Crippen LogP contribution in [0.25, 0.3) is 33.4 Å². The summed E-state index contributed by atoms with van der Waals surface area (Å²) in [5.41, 5.74) is 12.3. The van der Waals surface area contributed by atoms with Crippen molar-refractivity contribution in [1.29, 1.82) is 0 Å². The second kappa shape index (κ2) is 8.87. The highest BCUT2D eigenvalue weighted by Crippen LogP contribution is 2.30. The molecule has 0 unspecified atom stereocenters. The summed E-state index contributed by atoms with van der Waals surface area (Å²) in [7, 11) is 0. The third-order valence-electron chi connectivity index (χ3n) is 6.01. The number of benzene rings is 2. The number of thiazole rings is 1. The fraction of sp³-hybridized carbons (Fsp3) is 0.192. The number of halogens is 1. The van der Waals surface area contributed by atoms with Crippen LogP contribution in [-0.2, 0) is 6.54 Å². The molecular formula is C26H25FN6S. The van der Waals surface area contributed by atoms with E-state index in [1.54, 1.807) is 6.33 Å². The molecule has 5 rings (SSSR count). The maximum absolute atomic E-state index is 14.5. The lowest BCUT2D eigenvalue weighted by molar-refractivity contribution is 0.621. The molecule has 0 fully saturated rings. The maximum Gasteiger partial charge on any atom is 0.180 e. The van der Waals surface area contributed by atoms with Gasteiger partial charge in [-0.25, -0.2) is 19.3 Å². The molecule has 0 atom stereocenters. The van der Waals surface area contributed by atoms with Gasteiger partial charge in [0.25, 0.3) is 0 Å². The molecule has 3 heterocycles. The van der Waals surface area contributed by atoms with E-state index in [1.165, 1.54) is 17.4 Å². The molecule has 0 aliphatic carbocycles. The van der Waals surface area contributed by atoms with E-state index in [2.05, 4.69) is 20.3 Å². The SMILES string of the molecule is Cc1sc(N)nc1-c1ccc(-c2cc(NCCn3c(C)cc4c(C)ccc(F)c43)ncn2)cc1. The molecule has 34 heavy (non-hydrogen) atoms. The Hall–Kier alpha value is -3.78.